The van der Waals surface area contributed by atoms with Crippen LogP contribution in [0.15, 0.2) is 0 Å². The van der Waals surface area contributed by atoms with Gasteiger partial charge in [-0.15, -0.1) is 0 Å². The van der Waals surface area contributed by atoms with Gasteiger partial charge in [-0.05, 0) is 63.2 Å². The molecule has 0 amide bonds. The van der Waals surface area contributed by atoms with Gasteiger partial charge >= 0.3 is 6.16 Å². The predicted molar refractivity (Wildman–Crippen MR) is 69.9 cm³/mol. The highest BCUT2D eigenvalue weighted by Crippen LogP contribution is 2.70. The van der Waals surface area contributed by atoms with Gasteiger partial charge in [-0.25, -0.2) is 4.79 Å². The normalized spacial score (nSPS) is 51.5. The average molecular weight is 278 g/mol. The second-order valence-electron chi connectivity index (χ2n) is 7.68. The maximum Gasteiger partial charge on any atom is 0.514 e. The van der Waals surface area contributed by atoms with Crippen LogP contribution in [-0.4, -0.2) is 24.7 Å². The molecule has 0 aromatic rings. The molecule has 6 aliphatic rings. The second kappa shape index (κ2) is 3.70. The van der Waals surface area contributed by atoms with E-state index in [1.54, 1.807) is 0 Å². The largest absolute Gasteiger partial charge is 0.514 e. The highest BCUT2D eigenvalue weighted by molar-refractivity contribution is 5.66. The third kappa shape index (κ3) is 1.25. The molecule has 4 nitrogen and oxygen atoms in total. The summed E-state index contributed by atoms with van der Waals surface area (Å²) in [6.07, 6.45) is 9.27. The number of ether oxygens (including phenoxy) is 3. The van der Waals surface area contributed by atoms with Gasteiger partial charge in [-0.1, -0.05) is 0 Å². The maximum absolute atomic E-state index is 11.4. The molecule has 4 saturated carbocycles. The van der Waals surface area contributed by atoms with Gasteiger partial charge in [-0.3, -0.25) is 0 Å². The maximum atomic E-state index is 11.4. The van der Waals surface area contributed by atoms with Crippen LogP contribution in [0.4, 0.5) is 4.79 Å². The molecule has 0 N–H and O–H groups in total. The molecular formula is C16H22O4. The Kier molecular flexibility index (Phi) is 2.19. The van der Waals surface area contributed by atoms with Crippen molar-refractivity contribution in [1.82, 2.24) is 0 Å². The Balaban J connectivity index is 1.57. The lowest BCUT2D eigenvalue weighted by atomic mass is 9.44. The van der Waals surface area contributed by atoms with Gasteiger partial charge in [0.1, 0.15) is 0 Å². The Hall–Kier alpha value is -0.770. The van der Waals surface area contributed by atoms with Crippen LogP contribution in [0.2, 0.25) is 0 Å². The second-order valence-corrected chi connectivity index (χ2v) is 7.68. The number of hydrogen-bond acceptors (Lipinski definition) is 4. The molecule has 4 aliphatic carbocycles. The van der Waals surface area contributed by atoms with E-state index in [4.69, 9.17) is 14.2 Å². The van der Waals surface area contributed by atoms with Crippen molar-refractivity contribution in [2.24, 2.45) is 23.2 Å². The molecule has 2 saturated heterocycles. The standard InChI is InChI=1S/C16H22O4/c17-14-19-16(20-14)12-6-10-5-11(7-12)9-15(16,8-10)13-3-1-2-4-18-13/h10-13H,1-9H2. The first-order valence-electron chi connectivity index (χ1n) is 8.25. The van der Waals surface area contributed by atoms with Gasteiger partial charge in [0.25, 0.3) is 5.79 Å². The zero-order valence-electron chi connectivity index (χ0n) is 11.8. The van der Waals surface area contributed by atoms with E-state index in [0.29, 0.717) is 5.92 Å². The van der Waals surface area contributed by atoms with Crippen LogP contribution in [0.5, 0.6) is 0 Å². The van der Waals surface area contributed by atoms with E-state index in [1.165, 1.54) is 25.7 Å². The molecule has 6 rings (SSSR count). The fourth-order valence-electron chi connectivity index (χ4n) is 6.30. The molecule has 3 atom stereocenters. The van der Waals surface area contributed by atoms with Crippen LogP contribution in [0.1, 0.15) is 51.4 Å². The Morgan fingerprint density at radius 1 is 1.00 bits per heavy atom. The van der Waals surface area contributed by atoms with Crippen molar-refractivity contribution in [2.45, 2.75) is 63.3 Å². The first-order chi connectivity index (χ1) is 9.72. The van der Waals surface area contributed by atoms with E-state index >= 15 is 0 Å². The fourth-order valence-corrected chi connectivity index (χ4v) is 6.30. The SMILES string of the molecule is O=C1OC2(O1)C1CC3CC(C1)CC2(C1CCCCO1)C3. The first-order valence-corrected chi connectivity index (χ1v) is 8.25. The van der Waals surface area contributed by atoms with Gasteiger partial charge in [0, 0.05) is 12.5 Å². The van der Waals surface area contributed by atoms with Crippen molar-refractivity contribution in [3.05, 3.63) is 0 Å². The number of rotatable bonds is 1. The topological polar surface area (TPSA) is 44.8 Å². The Bertz CT molecular complexity index is 431. The number of carbonyl (C=O) groups is 1. The van der Waals surface area contributed by atoms with E-state index in [1.807, 2.05) is 0 Å². The van der Waals surface area contributed by atoms with E-state index < -0.39 is 11.9 Å². The van der Waals surface area contributed by atoms with Crippen molar-refractivity contribution < 1.29 is 19.0 Å². The molecule has 0 aromatic carbocycles. The van der Waals surface area contributed by atoms with Gasteiger partial charge in [0.2, 0.25) is 0 Å². The van der Waals surface area contributed by atoms with Gasteiger partial charge < -0.3 is 14.2 Å². The minimum Gasteiger partial charge on any atom is -0.390 e. The summed E-state index contributed by atoms with van der Waals surface area (Å²) in [5.41, 5.74) is -0.0456. The van der Waals surface area contributed by atoms with Crippen molar-refractivity contribution in [3.63, 3.8) is 0 Å². The van der Waals surface area contributed by atoms with Crippen molar-refractivity contribution in [3.8, 4) is 0 Å². The highest BCUT2D eigenvalue weighted by Gasteiger charge is 2.76. The average Bonchev–Trinajstić information content (AvgIpc) is 2.42. The molecule has 110 valence electrons. The van der Waals surface area contributed by atoms with Crippen LogP contribution in [0.3, 0.4) is 0 Å². The van der Waals surface area contributed by atoms with Gasteiger partial charge in [0.05, 0.1) is 11.5 Å². The summed E-state index contributed by atoms with van der Waals surface area (Å²) in [7, 11) is 0. The summed E-state index contributed by atoms with van der Waals surface area (Å²) in [6, 6.07) is 0. The molecule has 2 heterocycles. The van der Waals surface area contributed by atoms with Crippen LogP contribution < -0.4 is 0 Å². The van der Waals surface area contributed by atoms with Gasteiger partial charge in [0.15, 0.2) is 0 Å². The summed E-state index contributed by atoms with van der Waals surface area (Å²) in [5.74, 6) is 1.38. The molecule has 0 radical (unpaired) electrons. The lowest BCUT2D eigenvalue weighted by Crippen LogP contribution is -2.75. The monoisotopic (exact) mass is 278 g/mol. The summed E-state index contributed by atoms with van der Waals surface area (Å²) < 4.78 is 17.6. The van der Waals surface area contributed by atoms with Crippen LogP contribution in [-0.2, 0) is 14.2 Å². The highest BCUT2D eigenvalue weighted by atomic mass is 16.9. The first kappa shape index (κ1) is 11.8. The summed E-state index contributed by atoms with van der Waals surface area (Å²) in [4.78, 5) is 11.4. The third-order valence-corrected chi connectivity index (χ3v) is 6.71. The minimum absolute atomic E-state index is 0.0456. The quantitative estimate of drug-likeness (QED) is 0.691. The van der Waals surface area contributed by atoms with E-state index in [2.05, 4.69) is 0 Å². The summed E-state index contributed by atoms with van der Waals surface area (Å²) >= 11 is 0. The predicted octanol–water partition coefficient (Wildman–Crippen LogP) is 3.24. The molecule has 4 heteroatoms. The molecule has 1 spiro atoms. The zero-order valence-corrected chi connectivity index (χ0v) is 11.8. The Morgan fingerprint density at radius 2 is 1.75 bits per heavy atom. The molecule has 6 fully saturated rings. The molecule has 20 heavy (non-hydrogen) atoms. The molecule has 0 aromatic heterocycles. The van der Waals surface area contributed by atoms with Crippen LogP contribution in [0.25, 0.3) is 0 Å². The fraction of sp³-hybridized carbons (Fsp3) is 0.938. The smallest absolute Gasteiger partial charge is 0.390 e. The van der Waals surface area contributed by atoms with Crippen molar-refractivity contribution in [1.29, 1.82) is 0 Å². The Labute approximate surface area is 119 Å². The van der Waals surface area contributed by atoms with Crippen LogP contribution >= 0.6 is 0 Å². The van der Waals surface area contributed by atoms with E-state index in [9.17, 15) is 4.79 Å². The summed E-state index contributed by atoms with van der Waals surface area (Å²) in [6.45, 7) is 0.858. The molecule has 4 bridgehead atoms. The third-order valence-electron chi connectivity index (χ3n) is 6.71. The van der Waals surface area contributed by atoms with Crippen molar-refractivity contribution >= 4 is 6.16 Å². The molecule has 3 unspecified atom stereocenters. The number of carbonyl (C=O) groups excluding carboxylic acids is 1. The lowest BCUT2D eigenvalue weighted by molar-refractivity contribution is -0.414. The van der Waals surface area contributed by atoms with Crippen molar-refractivity contribution in [2.75, 3.05) is 6.61 Å². The van der Waals surface area contributed by atoms with E-state index in [0.717, 1.165) is 44.1 Å². The number of hydrogen-bond donors (Lipinski definition) is 0. The van der Waals surface area contributed by atoms with Crippen LogP contribution in [0, 0.1) is 23.2 Å². The van der Waals surface area contributed by atoms with Gasteiger partial charge in [-0.2, -0.15) is 0 Å². The van der Waals surface area contributed by atoms with E-state index in [-0.39, 0.29) is 11.5 Å². The summed E-state index contributed by atoms with van der Waals surface area (Å²) in [5, 5.41) is 0. The molecule has 2 aliphatic heterocycles. The lowest BCUT2D eigenvalue weighted by Gasteiger charge is -2.68. The Morgan fingerprint density at radius 3 is 2.35 bits per heavy atom. The minimum atomic E-state index is -0.625. The molecular weight excluding hydrogens is 256 g/mol. The zero-order chi connectivity index (χ0) is 13.4.